The molecule has 5 rings (SSSR count). The number of hydrogen-bond donors (Lipinski definition) is 1. The van der Waals surface area contributed by atoms with Crippen molar-refractivity contribution in [1.29, 1.82) is 0 Å². The smallest absolute Gasteiger partial charge is 0.294 e. The molecule has 37 heavy (non-hydrogen) atoms. The number of fused-ring (bicyclic) bond motifs is 1. The molecule has 3 atom stereocenters. The maximum Gasteiger partial charge on any atom is 0.294 e. The topological polar surface area (TPSA) is 58.6 Å². The van der Waals surface area contributed by atoms with Gasteiger partial charge in [-0.05, 0) is 66.6 Å². The van der Waals surface area contributed by atoms with Gasteiger partial charge in [0.2, 0.25) is 0 Å². The Morgan fingerprint density at radius 1 is 1.03 bits per heavy atom. The number of anilines is 1. The minimum absolute atomic E-state index is 0.0478. The molecule has 190 valence electrons. The molecular weight excluding hydrogens is 460 g/mol. The molecule has 2 aliphatic rings. The lowest BCUT2D eigenvalue weighted by atomic mass is 9.78. The Morgan fingerprint density at radius 3 is 2.59 bits per heavy atom. The number of rotatable bonds is 5. The minimum atomic E-state index is -0.192. The van der Waals surface area contributed by atoms with E-state index in [9.17, 15) is 9.59 Å². The number of nitrogens with one attached hydrogen (secondary N) is 1. The van der Waals surface area contributed by atoms with Gasteiger partial charge in [0.1, 0.15) is 0 Å². The van der Waals surface area contributed by atoms with E-state index in [2.05, 4.69) is 25.2 Å². The van der Waals surface area contributed by atoms with Crippen LogP contribution in [0.25, 0.3) is 6.08 Å². The second-order valence-electron chi connectivity index (χ2n) is 10.4. The van der Waals surface area contributed by atoms with Gasteiger partial charge < -0.3 is 10.1 Å². The van der Waals surface area contributed by atoms with Gasteiger partial charge in [0.15, 0.2) is 11.5 Å². The van der Waals surface area contributed by atoms with Crippen LogP contribution in [-0.4, -0.2) is 17.9 Å². The average molecular weight is 495 g/mol. The summed E-state index contributed by atoms with van der Waals surface area (Å²) in [6.07, 6.45) is 5.15. The molecule has 0 unspecified atom stereocenters. The first kappa shape index (κ1) is 24.8. The summed E-state index contributed by atoms with van der Waals surface area (Å²) in [7, 11) is 0. The van der Waals surface area contributed by atoms with Crippen molar-refractivity contribution in [1.82, 2.24) is 5.32 Å². The molecule has 3 aromatic rings. The maximum absolute atomic E-state index is 13.5. The zero-order valence-electron chi connectivity index (χ0n) is 21.7. The Hall–Kier alpha value is -3.86. The van der Waals surface area contributed by atoms with E-state index in [1.165, 1.54) is 6.42 Å². The van der Waals surface area contributed by atoms with E-state index in [-0.39, 0.29) is 23.6 Å². The Kier molecular flexibility index (Phi) is 7.13. The third-order valence-corrected chi connectivity index (χ3v) is 7.75. The van der Waals surface area contributed by atoms with Crippen molar-refractivity contribution in [2.75, 3.05) is 4.90 Å². The summed E-state index contributed by atoms with van der Waals surface area (Å²) in [5, 5.41) is 3.23. The van der Waals surface area contributed by atoms with Crippen LogP contribution < -0.4 is 15.0 Å². The molecule has 1 N–H and O–H groups in total. The third kappa shape index (κ3) is 5.46. The molecule has 5 nitrogen and oxygen atoms in total. The molecule has 0 bridgehead atoms. The van der Waals surface area contributed by atoms with Crippen LogP contribution in [0, 0.1) is 18.8 Å². The van der Waals surface area contributed by atoms with Gasteiger partial charge in [-0.2, -0.15) is 0 Å². The van der Waals surface area contributed by atoms with Crippen LogP contribution in [0.1, 0.15) is 60.2 Å². The second kappa shape index (κ2) is 10.6. The van der Waals surface area contributed by atoms with Gasteiger partial charge in [0.05, 0.1) is 12.2 Å². The van der Waals surface area contributed by atoms with E-state index in [0.717, 1.165) is 35.2 Å². The van der Waals surface area contributed by atoms with Gasteiger partial charge >= 0.3 is 0 Å². The van der Waals surface area contributed by atoms with Gasteiger partial charge in [0.25, 0.3) is 11.8 Å². The Bertz CT molecular complexity index is 1330. The fourth-order valence-corrected chi connectivity index (χ4v) is 5.33. The van der Waals surface area contributed by atoms with Crippen molar-refractivity contribution in [3.8, 4) is 5.75 Å². The summed E-state index contributed by atoms with van der Waals surface area (Å²) in [4.78, 5) is 28.1. The minimum Gasteiger partial charge on any atom is -0.449 e. The van der Waals surface area contributed by atoms with E-state index < -0.39 is 0 Å². The van der Waals surface area contributed by atoms with Crippen LogP contribution in [0.3, 0.4) is 0 Å². The van der Waals surface area contributed by atoms with E-state index in [1.807, 2.05) is 73.7 Å². The van der Waals surface area contributed by atoms with Crippen molar-refractivity contribution >= 4 is 23.6 Å². The summed E-state index contributed by atoms with van der Waals surface area (Å²) in [6, 6.07) is 23.3. The number of para-hydroxylation sites is 2. The number of ether oxygens (including phenoxy) is 1. The van der Waals surface area contributed by atoms with Crippen molar-refractivity contribution < 1.29 is 14.3 Å². The fraction of sp³-hybridized carbons (Fsp3) is 0.312. The molecule has 0 aromatic heterocycles. The molecule has 0 saturated heterocycles. The van der Waals surface area contributed by atoms with Crippen LogP contribution in [0.2, 0.25) is 0 Å². The fourth-order valence-electron chi connectivity index (χ4n) is 5.33. The number of hydrogen-bond acceptors (Lipinski definition) is 3. The molecule has 1 heterocycles. The number of amides is 2. The first-order chi connectivity index (χ1) is 17.9. The highest BCUT2D eigenvalue weighted by Gasteiger charge is 2.31. The van der Waals surface area contributed by atoms with Gasteiger partial charge in [-0.1, -0.05) is 80.8 Å². The standard InChI is InChI=1S/C32H34N2O3/c1-21-8-6-10-25(18-21)20-34-28-12-4-5-13-29(28)37-30(32(34)36)19-24-14-16-26(17-15-24)31(35)33-27-11-7-9-22(2)23(27)3/h4-6,8,10,12-19,22-23,27H,7,9,11,20H2,1-3H3,(H,33,35)/b30-19+/t22-,23+,27+/m0/s1. The van der Waals surface area contributed by atoms with Gasteiger partial charge in [-0.3, -0.25) is 14.5 Å². The quantitative estimate of drug-likeness (QED) is 0.411. The second-order valence-corrected chi connectivity index (χ2v) is 10.4. The summed E-state index contributed by atoms with van der Waals surface area (Å²) in [5.74, 6) is 1.76. The Balaban J connectivity index is 1.34. The normalized spacial score (nSPS) is 22.4. The molecule has 0 radical (unpaired) electrons. The predicted molar refractivity (Wildman–Crippen MR) is 147 cm³/mol. The SMILES string of the molecule is Cc1cccc(CN2C(=O)/C(=C\c3ccc(C(=O)N[C@@H]4CCC[C@H](C)[C@H]4C)cc3)Oc3ccccc32)c1. The molecule has 1 aliphatic heterocycles. The summed E-state index contributed by atoms with van der Waals surface area (Å²) in [6.45, 7) is 6.99. The number of nitrogens with zero attached hydrogens (tertiary/aromatic N) is 1. The molecule has 0 spiro atoms. The van der Waals surface area contributed by atoms with Crippen molar-refractivity contribution in [2.45, 2.75) is 52.6 Å². The van der Waals surface area contributed by atoms with Crippen molar-refractivity contribution in [3.63, 3.8) is 0 Å². The lowest BCUT2D eigenvalue weighted by Crippen LogP contribution is -2.43. The zero-order chi connectivity index (χ0) is 25.9. The van der Waals surface area contributed by atoms with Crippen LogP contribution in [-0.2, 0) is 11.3 Å². The third-order valence-electron chi connectivity index (χ3n) is 7.75. The van der Waals surface area contributed by atoms with E-state index >= 15 is 0 Å². The van der Waals surface area contributed by atoms with Crippen LogP contribution in [0.15, 0.2) is 78.6 Å². The predicted octanol–water partition coefficient (Wildman–Crippen LogP) is 6.52. The summed E-state index contributed by atoms with van der Waals surface area (Å²) >= 11 is 0. The number of carbonyl (C=O) groups is 2. The molecular formula is C32H34N2O3. The molecule has 5 heteroatoms. The maximum atomic E-state index is 13.5. The van der Waals surface area contributed by atoms with Crippen molar-refractivity contribution in [2.24, 2.45) is 11.8 Å². The van der Waals surface area contributed by atoms with Crippen LogP contribution in [0.4, 0.5) is 5.69 Å². The van der Waals surface area contributed by atoms with Gasteiger partial charge in [-0.15, -0.1) is 0 Å². The lowest BCUT2D eigenvalue weighted by Gasteiger charge is -2.34. The highest BCUT2D eigenvalue weighted by atomic mass is 16.5. The molecule has 1 saturated carbocycles. The van der Waals surface area contributed by atoms with Gasteiger partial charge in [0, 0.05) is 11.6 Å². The first-order valence-electron chi connectivity index (χ1n) is 13.2. The first-order valence-corrected chi connectivity index (χ1v) is 13.2. The lowest BCUT2D eigenvalue weighted by molar-refractivity contribution is -0.117. The zero-order valence-corrected chi connectivity index (χ0v) is 21.7. The average Bonchev–Trinajstić information content (AvgIpc) is 2.89. The molecule has 2 amide bonds. The Labute approximate surface area is 219 Å². The van der Waals surface area contributed by atoms with E-state index in [1.54, 1.807) is 11.0 Å². The monoisotopic (exact) mass is 494 g/mol. The Morgan fingerprint density at radius 2 is 1.81 bits per heavy atom. The van der Waals surface area contributed by atoms with Crippen LogP contribution >= 0.6 is 0 Å². The van der Waals surface area contributed by atoms with Gasteiger partial charge in [-0.25, -0.2) is 0 Å². The highest BCUT2D eigenvalue weighted by Crippen LogP contribution is 2.36. The number of aryl methyl sites for hydroxylation is 1. The molecule has 1 fully saturated rings. The van der Waals surface area contributed by atoms with E-state index in [0.29, 0.717) is 29.7 Å². The number of carbonyl (C=O) groups excluding carboxylic acids is 2. The largest absolute Gasteiger partial charge is 0.449 e. The highest BCUT2D eigenvalue weighted by molar-refractivity contribution is 6.09. The van der Waals surface area contributed by atoms with Crippen molar-refractivity contribution in [3.05, 3.63) is 101 Å². The van der Waals surface area contributed by atoms with Crippen LogP contribution in [0.5, 0.6) is 5.75 Å². The molecule has 3 aromatic carbocycles. The summed E-state index contributed by atoms with van der Waals surface area (Å²) < 4.78 is 6.03. The summed E-state index contributed by atoms with van der Waals surface area (Å²) in [5.41, 5.74) is 4.38. The van der Waals surface area contributed by atoms with E-state index in [4.69, 9.17) is 4.74 Å². The number of benzene rings is 3. The molecule has 1 aliphatic carbocycles.